The van der Waals surface area contributed by atoms with E-state index in [4.69, 9.17) is 14.2 Å². The number of benzene rings is 3. The lowest BCUT2D eigenvalue weighted by Gasteiger charge is -2.13. The summed E-state index contributed by atoms with van der Waals surface area (Å²) >= 11 is 3.38. The Balaban J connectivity index is 1.72. The number of rotatable bonds is 8. The summed E-state index contributed by atoms with van der Waals surface area (Å²) in [6, 6.07) is 13.9. The van der Waals surface area contributed by atoms with Crippen molar-refractivity contribution >= 4 is 44.8 Å². The van der Waals surface area contributed by atoms with Crippen LogP contribution in [0.3, 0.4) is 0 Å². The number of carbonyl (C=O) groups excluding carboxylic acids is 2. The molecule has 0 heterocycles. The molecule has 0 aliphatic heterocycles. The summed E-state index contributed by atoms with van der Waals surface area (Å²) in [4.78, 5) is 24.0. The highest BCUT2D eigenvalue weighted by atomic mass is 79.9. The highest BCUT2D eigenvalue weighted by Crippen LogP contribution is 2.36. The Morgan fingerprint density at radius 1 is 1.16 bits per heavy atom. The Bertz CT molecular complexity index is 1180. The van der Waals surface area contributed by atoms with Crippen LogP contribution in [0.1, 0.15) is 22.8 Å². The Morgan fingerprint density at radius 3 is 2.56 bits per heavy atom. The molecule has 0 aromatic heterocycles. The third-order valence-corrected chi connectivity index (χ3v) is 4.97. The SMILES string of the molecule is CCOC(=O)COc1c(Br)cc(C=NNC(=O)c2cc3ccccc3cc2O)cc1OC. The molecular weight excluding hydrogens is 480 g/mol. The first kappa shape index (κ1) is 23.1. The first-order valence-electron chi connectivity index (χ1n) is 9.64. The number of hydrazone groups is 1. The summed E-state index contributed by atoms with van der Waals surface area (Å²) in [6.45, 7) is 1.71. The van der Waals surface area contributed by atoms with E-state index in [2.05, 4.69) is 26.5 Å². The number of nitrogens with one attached hydrogen (secondary N) is 1. The van der Waals surface area contributed by atoms with Crippen molar-refractivity contribution in [1.82, 2.24) is 5.43 Å². The highest BCUT2D eigenvalue weighted by Gasteiger charge is 2.14. The van der Waals surface area contributed by atoms with E-state index in [9.17, 15) is 14.7 Å². The van der Waals surface area contributed by atoms with E-state index in [1.807, 2.05) is 24.3 Å². The standard InChI is InChI=1S/C23H21BrN2O6/c1-3-31-21(28)13-32-22-18(24)8-14(9-20(22)30-2)12-25-26-23(29)17-10-15-6-4-5-7-16(15)11-19(17)27/h4-12,27H,3,13H2,1-2H3,(H,26,29). The average molecular weight is 501 g/mol. The number of fused-ring (bicyclic) bond motifs is 1. The molecule has 0 atom stereocenters. The van der Waals surface area contributed by atoms with Crippen LogP contribution in [0.25, 0.3) is 10.8 Å². The van der Waals surface area contributed by atoms with Gasteiger partial charge >= 0.3 is 5.97 Å². The normalized spacial score (nSPS) is 10.8. The van der Waals surface area contributed by atoms with Crippen LogP contribution < -0.4 is 14.9 Å². The highest BCUT2D eigenvalue weighted by molar-refractivity contribution is 9.10. The Kier molecular flexibility index (Phi) is 7.67. The predicted molar refractivity (Wildman–Crippen MR) is 123 cm³/mol. The first-order valence-corrected chi connectivity index (χ1v) is 10.4. The molecule has 32 heavy (non-hydrogen) atoms. The number of halogens is 1. The molecule has 1 amide bonds. The van der Waals surface area contributed by atoms with Crippen LogP contribution in [-0.4, -0.2) is 43.5 Å². The van der Waals surface area contributed by atoms with E-state index >= 15 is 0 Å². The number of aromatic hydroxyl groups is 1. The molecule has 0 aliphatic rings. The maximum atomic E-state index is 12.5. The van der Waals surface area contributed by atoms with Gasteiger partial charge in [0.1, 0.15) is 5.75 Å². The van der Waals surface area contributed by atoms with Gasteiger partial charge in [-0.15, -0.1) is 0 Å². The zero-order valence-electron chi connectivity index (χ0n) is 17.4. The van der Waals surface area contributed by atoms with E-state index in [-0.39, 0.29) is 24.5 Å². The first-order chi connectivity index (χ1) is 15.4. The number of phenolic OH excluding ortho intramolecular Hbond substituents is 1. The van der Waals surface area contributed by atoms with Gasteiger partial charge in [-0.1, -0.05) is 24.3 Å². The van der Waals surface area contributed by atoms with Crippen molar-refractivity contribution in [3.8, 4) is 17.2 Å². The average Bonchev–Trinajstić information content (AvgIpc) is 2.77. The van der Waals surface area contributed by atoms with Gasteiger partial charge < -0.3 is 19.3 Å². The van der Waals surface area contributed by atoms with Gasteiger partial charge in [-0.05, 0) is 63.5 Å². The van der Waals surface area contributed by atoms with Crippen molar-refractivity contribution in [3.05, 3.63) is 64.1 Å². The smallest absolute Gasteiger partial charge is 0.344 e. The van der Waals surface area contributed by atoms with Crippen LogP contribution in [0.4, 0.5) is 0 Å². The Morgan fingerprint density at radius 2 is 1.88 bits per heavy atom. The summed E-state index contributed by atoms with van der Waals surface area (Å²) in [5.74, 6) is -0.480. The van der Waals surface area contributed by atoms with Crippen LogP contribution in [0.5, 0.6) is 17.2 Å². The van der Waals surface area contributed by atoms with Crippen LogP contribution >= 0.6 is 15.9 Å². The van der Waals surface area contributed by atoms with E-state index in [1.54, 1.807) is 25.1 Å². The van der Waals surface area contributed by atoms with Gasteiger partial charge in [0.25, 0.3) is 5.91 Å². The second kappa shape index (κ2) is 10.6. The molecule has 166 valence electrons. The van der Waals surface area contributed by atoms with Gasteiger partial charge in [-0.25, -0.2) is 10.2 Å². The van der Waals surface area contributed by atoms with Gasteiger partial charge in [0.2, 0.25) is 0 Å². The number of carbonyl (C=O) groups is 2. The number of amides is 1. The van der Waals surface area contributed by atoms with Crippen LogP contribution in [-0.2, 0) is 9.53 Å². The third kappa shape index (κ3) is 5.55. The van der Waals surface area contributed by atoms with E-state index in [0.717, 1.165) is 10.8 Å². The second-order valence-corrected chi connectivity index (χ2v) is 7.40. The lowest BCUT2D eigenvalue weighted by Crippen LogP contribution is -2.17. The molecule has 0 spiro atoms. The maximum absolute atomic E-state index is 12.5. The minimum atomic E-state index is -0.551. The molecule has 0 bridgehead atoms. The van der Waals surface area contributed by atoms with E-state index < -0.39 is 11.9 Å². The van der Waals surface area contributed by atoms with Gasteiger partial charge in [0.15, 0.2) is 18.1 Å². The number of ether oxygens (including phenoxy) is 3. The van der Waals surface area contributed by atoms with Crippen LogP contribution in [0, 0.1) is 0 Å². The minimum Gasteiger partial charge on any atom is -0.507 e. The molecule has 0 saturated carbocycles. The number of esters is 1. The number of hydrogen-bond acceptors (Lipinski definition) is 7. The molecule has 0 radical (unpaired) electrons. The number of hydrogen-bond donors (Lipinski definition) is 2. The van der Waals surface area contributed by atoms with Gasteiger partial charge in [-0.2, -0.15) is 5.10 Å². The van der Waals surface area contributed by atoms with Crippen molar-refractivity contribution in [3.63, 3.8) is 0 Å². The molecule has 9 heteroatoms. The Labute approximate surface area is 192 Å². The molecule has 8 nitrogen and oxygen atoms in total. The molecule has 0 aliphatic carbocycles. The fourth-order valence-corrected chi connectivity index (χ4v) is 3.50. The van der Waals surface area contributed by atoms with Crippen molar-refractivity contribution < 1.29 is 28.9 Å². The Hall–Kier alpha value is -3.59. The molecule has 3 aromatic rings. The monoisotopic (exact) mass is 500 g/mol. The molecule has 0 fully saturated rings. The minimum absolute atomic E-state index is 0.113. The molecular formula is C23H21BrN2O6. The predicted octanol–water partition coefficient (Wildman–Crippen LogP) is 4.02. The summed E-state index contributed by atoms with van der Waals surface area (Å²) < 4.78 is 16.2. The molecule has 0 unspecified atom stereocenters. The third-order valence-electron chi connectivity index (χ3n) is 4.38. The summed E-state index contributed by atoms with van der Waals surface area (Å²) in [5, 5.41) is 15.8. The van der Waals surface area contributed by atoms with Crippen molar-refractivity contribution in [1.29, 1.82) is 0 Å². The summed E-state index contributed by atoms with van der Waals surface area (Å²) in [6.07, 6.45) is 1.42. The summed E-state index contributed by atoms with van der Waals surface area (Å²) in [7, 11) is 1.46. The van der Waals surface area contributed by atoms with E-state index in [1.165, 1.54) is 19.4 Å². The molecule has 2 N–H and O–H groups in total. The largest absolute Gasteiger partial charge is 0.507 e. The van der Waals surface area contributed by atoms with Crippen molar-refractivity contribution in [2.45, 2.75) is 6.92 Å². The zero-order valence-corrected chi connectivity index (χ0v) is 19.0. The second-order valence-electron chi connectivity index (χ2n) is 6.54. The van der Waals surface area contributed by atoms with E-state index in [0.29, 0.717) is 21.5 Å². The molecule has 3 rings (SSSR count). The number of methoxy groups -OCH3 is 1. The van der Waals surface area contributed by atoms with Gasteiger partial charge in [-0.3, -0.25) is 4.79 Å². The fourth-order valence-electron chi connectivity index (χ4n) is 2.92. The fraction of sp³-hybridized carbons (Fsp3) is 0.174. The molecule has 3 aromatic carbocycles. The van der Waals surface area contributed by atoms with Crippen LogP contribution in [0.2, 0.25) is 0 Å². The quantitative estimate of drug-likeness (QED) is 0.274. The lowest BCUT2D eigenvalue weighted by atomic mass is 10.1. The summed E-state index contributed by atoms with van der Waals surface area (Å²) in [5.41, 5.74) is 3.11. The van der Waals surface area contributed by atoms with Crippen LogP contribution in [0.15, 0.2) is 58.1 Å². The lowest BCUT2D eigenvalue weighted by molar-refractivity contribution is -0.145. The van der Waals surface area contributed by atoms with Crippen molar-refractivity contribution in [2.24, 2.45) is 5.10 Å². The maximum Gasteiger partial charge on any atom is 0.344 e. The van der Waals surface area contributed by atoms with Gasteiger partial charge in [0.05, 0.1) is 30.0 Å². The topological polar surface area (TPSA) is 106 Å². The zero-order chi connectivity index (χ0) is 23.1. The number of nitrogens with zero attached hydrogens (tertiary/aromatic N) is 1. The van der Waals surface area contributed by atoms with Gasteiger partial charge in [0, 0.05) is 0 Å². The number of phenols is 1. The van der Waals surface area contributed by atoms with Crippen molar-refractivity contribution in [2.75, 3.05) is 20.3 Å². The molecule has 0 saturated heterocycles.